The third kappa shape index (κ3) is 4.14. The summed E-state index contributed by atoms with van der Waals surface area (Å²) >= 11 is 0. The van der Waals surface area contributed by atoms with E-state index in [1.807, 2.05) is 0 Å². The zero-order valence-electron chi connectivity index (χ0n) is 13.6. The van der Waals surface area contributed by atoms with Gasteiger partial charge in [-0.15, -0.1) is 0 Å². The van der Waals surface area contributed by atoms with Crippen molar-refractivity contribution in [1.82, 2.24) is 24.7 Å². The van der Waals surface area contributed by atoms with Gasteiger partial charge in [0.05, 0.1) is 12.3 Å². The zero-order valence-corrected chi connectivity index (χ0v) is 13.6. The first-order chi connectivity index (χ1) is 12.3. The molecule has 136 valence electrons. The minimum absolute atomic E-state index is 0.0400. The number of rotatable bonds is 5. The molecule has 2 N–H and O–H groups in total. The molecule has 3 rings (SSSR count). The summed E-state index contributed by atoms with van der Waals surface area (Å²) in [6.07, 6.45) is -1.05. The monoisotopic (exact) mass is 364 g/mol. The molecule has 1 atom stereocenters. The van der Waals surface area contributed by atoms with Crippen LogP contribution in [0.25, 0.3) is 11.5 Å². The maximum absolute atomic E-state index is 13.1. The number of alkyl halides is 3. The van der Waals surface area contributed by atoms with Gasteiger partial charge < -0.3 is 10.4 Å². The van der Waals surface area contributed by atoms with Crippen molar-refractivity contribution in [2.45, 2.75) is 12.3 Å². The molecule has 0 aliphatic carbocycles. The Balaban J connectivity index is 1.86. The van der Waals surface area contributed by atoms with Gasteiger partial charge in [0.15, 0.2) is 11.5 Å². The number of hydrogen-bond acceptors (Lipinski definition) is 6. The molecule has 0 aromatic carbocycles. The van der Waals surface area contributed by atoms with Crippen LogP contribution in [0.15, 0.2) is 42.9 Å². The summed E-state index contributed by atoms with van der Waals surface area (Å²) in [7, 11) is 1.70. The second kappa shape index (κ2) is 7.08. The Kier molecular flexibility index (Phi) is 4.85. The van der Waals surface area contributed by atoms with Crippen LogP contribution in [0.4, 0.5) is 19.0 Å². The number of aromatic nitrogens is 5. The second-order valence-corrected chi connectivity index (χ2v) is 5.52. The molecule has 0 amide bonds. The van der Waals surface area contributed by atoms with Crippen molar-refractivity contribution in [1.29, 1.82) is 0 Å². The molecule has 0 bridgehead atoms. The maximum atomic E-state index is 13.1. The number of anilines is 1. The number of hydrogen-bond donors (Lipinski definition) is 2. The van der Waals surface area contributed by atoms with Gasteiger partial charge in [-0.3, -0.25) is 9.67 Å². The third-order valence-electron chi connectivity index (χ3n) is 3.50. The number of aliphatic hydroxyl groups is 1. The first kappa shape index (κ1) is 17.8. The predicted octanol–water partition coefficient (Wildman–Crippen LogP) is 2.44. The standard InChI is InChI=1S/C16H15F3N6O/c1-25-9-10(7-22-25)12(26)8-21-14-6-13(16(17,18)19)23-15(24-14)11-4-2-3-5-20-11/h2-7,9,12,26H,8H2,1H3,(H,21,23,24). The largest absolute Gasteiger partial charge is 0.433 e. The maximum Gasteiger partial charge on any atom is 0.433 e. The first-order valence-corrected chi connectivity index (χ1v) is 7.61. The van der Waals surface area contributed by atoms with Gasteiger partial charge in [-0.25, -0.2) is 9.97 Å². The highest BCUT2D eigenvalue weighted by Gasteiger charge is 2.34. The van der Waals surface area contributed by atoms with Crippen molar-refractivity contribution in [2.24, 2.45) is 7.05 Å². The lowest BCUT2D eigenvalue weighted by molar-refractivity contribution is -0.141. The van der Waals surface area contributed by atoms with E-state index < -0.39 is 18.0 Å². The van der Waals surface area contributed by atoms with E-state index in [0.29, 0.717) is 5.56 Å². The topological polar surface area (TPSA) is 88.8 Å². The van der Waals surface area contributed by atoms with Crippen LogP contribution < -0.4 is 5.32 Å². The van der Waals surface area contributed by atoms with Gasteiger partial charge in [-0.2, -0.15) is 18.3 Å². The van der Waals surface area contributed by atoms with Crippen LogP contribution in [0.5, 0.6) is 0 Å². The van der Waals surface area contributed by atoms with E-state index in [0.717, 1.165) is 6.07 Å². The van der Waals surface area contributed by atoms with Gasteiger partial charge in [0.2, 0.25) is 0 Å². The van der Waals surface area contributed by atoms with Crippen molar-refractivity contribution >= 4 is 5.82 Å². The molecule has 0 aliphatic rings. The molecule has 0 aliphatic heterocycles. The summed E-state index contributed by atoms with van der Waals surface area (Å²) in [4.78, 5) is 11.6. The summed E-state index contributed by atoms with van der Waals surface area (Å²) < 4.78 is 40.9. The van der Waals surface area contributed by atoms with Crippen LogP contribution in [0, 0.1) is 0 Å². The smallest absolute Gasteiger partial charge is 0.386 e. The zero-order chi connectivity index (χ0) is 18.7. The fraction of sp³-hybridized carbons (Fsp3) is 0.250. The molecule has 10 heteroatoms. The number of pyridine rings is 1. The van der Waals surface area contributed by atoms with Crippen LogP contribution in [0.2, 0.25) is 0 Å². The quantitative estimate of drug-likeness (QED) is 0.723. The Morgan fingerprint density at radius 3 is 2.69 bits per heavy atom. The highest BCUT2D eigenvalue weighted by Crippen LogP contribution is 2.30. The van der Waals surface area contributed by atoms with Crippen LogP contribution >= 0.6 is 0 Å². The summed E-state index contributed by atoms with van der Waals surface area (Å²) in [5.74, 6) is -0.213. The Hall–Kier alpha value is -3.01. The fourth-order valence-electron chi connectivity index (χ4n) is 2.22. The van der Waals surface area contributed by atoms with Gasteiger partial charge in [0.1, 0.15) is 11.5 Å². The van der Waals surface area contributed by atoms with Gasteiger partial charge in [-0.05, 0) is 12.1 Å². The molecule has 3 aromatic rings. The average molecular weight is 364 g/mol. The lowest BCUT2D eigenvalue weighted by atomic mass is 10.2. The lowest BCUT2D eigenvalue weighted by Gasteiger charge is -2.13. The summed E-state index contributed by atoms with van der Waals surface area (Å²) in [6, 6.07) is 5.58. The van der Waals surface area contributed by atoms with Gasteiger partial charge >= 0.3 is 6.18 Å². The van der Waals surface area contributed by atoms with Crippen LogP contribution in [-0.2, 0) is 13.2 Å². The number of halogens is 3. The minimum atomic E-state index is -4.63. The van der Waals surface area contributed by atoms with Gasteiger partial charge in [0, 0.05) is 37.6 Å². The highest BCUT2D eigenvalue weighted by atomic mass is 19.4. The Morgan fingerprint density at radius 1 is 1.27 bits per heavy atom. The SMILES string of the molecule is Cn1cc(C(O)CNc2cc(C(F)(F)F)nc(-c3ccccn3)n2)cn1. The lowest BCUT2D eigenvalue weighted by Crippen LogP contribution is -2.16. The average Bonchev–Trinajstić information content (AvgIpc) is 3.06. The molecule has 0 saturated heterocycles. The van der Waals surface area contributed by atoms with Crippen molar-refractivity contribution in [3.05, 3.63) is 54.1 Å². The van der Waals surface area contributed by atoms with Crippen molar-refractivity contribution in [3.8, 4) is 11.5 Å². The molecule has 0 spiro atoms. The number of aryl methyl sites for hydroxylation is 1. The van der Waals surface area contributed by atoms with Crippen molar-refractivity contribution in [3.63, 3.8) is 0 Å². The van der Waals surface area contributed by atoms with E-state index in [-0.39, 0.29) is 23.9 Å². The number of aliphatic hydroxyl groups excluding tert-OH is 1. The van der Waals surface area contributed by atoms with Gasteiger partial charge in [-0.1, -0.05) is 6.07 Å². The Morgan fingerprint density at radius 2 is 2.08 bits per heavy atom. The minimum Gasteiger partial charge on any atom is -0.386 e. The summed E-state index contributed by atoms with van der Waals surface area (Å²) in [5, 5.41) is 16.8. The third-order valence-corrected chi connectivity index (χ3v) is 3.50. The van der Waals surface area contributed by atoms with Gasteiger partial charge in [0.25, 0.3) is 0 Å². The predicted molar refractivity (Wildman–Crippen MR) is 86.9 cm³/mol. The molecule has 3 aromatic heterocycles. The van der Waals surface area contributed by atoms with E-state index in [2.05, 4.69) is 25.4 Å². The highest BCUT2D eigenvalue weighted by molar-refractivity contribution is 5.53. The van der Waals surface area contributed by atoms with E-state index in [4.69, 9.17) is 0 Å². The van der Waals surface area contributed by atoms with E-state index in [9.17, 15) is 18.3 Å². The molecular weight excluding hydrogens is 349 g/mol. The summed E-state index contributed by atoms with van der Waals surface area (Å²) in [5.41, 5.74) is -0.337. The normalized spacial score (nSPS) is 12.8. The van der Waals surface area contributed by atoms with Crippen LogP contribution in [0.1, 0.15) is 17.4 Å². The number of nitrogens with zero attached hydrogens (tertiary/aromatic N) is 5. The molecule has 0 fully saturated rings. The second-order valence-electron chi connectivity index (χ2n) is 5.52. The number of nitrogens with one attached hydrogen (secondary N) is 1. The molecule has 1 unspecified atom stereocenters. The van der Waals surface area contributed by atoms with E-state index in [1.54, 1.807) is 25.4 Å². The Bertz CT molecular complexity index is 881. The molecule has 7 nitrogen and oxygen atoms in total. The van der Waals surface area contributed by atoms with E-state index >= 15 is 0 Å². The summed E-state index contributed by atoms with van der Waals surface area (Å²) in [6.45, 7) is -0.0400. The van der Waals surface area contributed by atoms with Crippen LogP contribution in [0.3, 0.4) is 0 Å². The van der Waals surface area contributed by atoms with Crippen molar-refractivity contribution in [2.75, 3.05) is 11.9 Å². The fourth-order valence-corrected chi connectivity index (χ4v) is 2.22. The molecular formula is C16H15F3N6O. The first-order valence-electron chi connectivity index (χ1n) is 7.61. The molecule has 0 radical (unpaired) electrons. The Labute approximate surface area is 146 Å². The van der Waals surface area contributed by atoms with Crippen LogP contribution in [-0.4, -0.2) is 36.4 Å². The molecule has 0 saturated carbocycles. The van der Waals surface area contributed by atoms with E-state index in [1.165, 1.54) is 23.1 Å². The molecule has 26 heavy (non-hydrogen) atoms. The van der Waals surface area contributed by atoms with Crippen molar-refractivity contribution < 1.29 is 18.3 Å². The molecule has 3 heterocycles.